The van der Waals surface area contributed by atoms with Crippen LogP contribution in [0.2, 0.25) is 0 Å². The summed E-state index contributed by atoms with van der Waals surface area (Å²) in [6, 6.07) is 4.91. The van der Waals surface area contributed by atoms with E-state index in [0.29, 0.717) is 50.4 Å². The molecule has 2 heterocycles. The molecule has 8 heteroatoms. The van der Waals surface area contributed by atoms with E-state index in [1.165, 1.54) is 0 Å². The van der Waals surface area contributed by atoms with Crippen molar-refractivity contribution >= 4 is 10.0 Å². The molecule has 0 bridgehead atoms. The summed E-state index contributed by atoms with van der Waals surface area (Å²) in [5.74, 6) is 1.41. The average Bonchev–Trinajstić information content (AvgIpc) is 2.87. The summed E-state index contributed by atoms with van der Waals surface area (Å²) in [7, 11) is -3.62. The molecule has 0 unspecified atom stereocenters. The number of nitrogens with zero attached hydrogens (tertiary/aromatic N) is 1. The Kier molecular flexibility index (Phi) is 6.39. The van der Waals surface area contributed by atoms with Gasteiger partial charge in [-0.05, 0) is 18.1 Å². The monoisotopic (exact) mass is 384 g/mol. The molecule has 0 radical (unpaired) electrons. The van der Waals surface area contributed by atoms with Gasteiger partial charge in [-0.25, -0.2) is 13.1 Å². The second-order valence-corrected chi connectivity index (χ2v) is 8.74. The highest BCUT2D eigenvalue weighted by atomic mass is 32.2. The topological polar surface area (TPSA) is 77.1 Å². The van der Waals surface area contributed by atoms with Gasteiger partial charge in [0, 0.05) is 38.2 Å². The molecular formula is C18H28N2O5S. The Morgan fingerprint density at radius 3 is 2.46 bits per heavy atom. The lowest BCUT2D eigenvalue weighted by atomic mass is 10.0. The maximum absolute atomic E-state index is 12.8. The zero-order chi connectivity index (χ0) is 18.6. The fraction of sp³-hybridized carbons (Fsp3) is 0.667. The number of benzene rings is 1. The van der Waals surface area contributed by atoms with Crippen molar-refractivity contribution in [2.24, 2.45) is 5.92 Å². The molecule has 1 aromatic rings. The maximum Gasteiger partial charge on any atom is 0.240 e. The van der Waals surface area contributed by atoms with Gasteiger partial charge in [0.15, 0.2) is 11.5 Å². The molecule has 1 aromatic carbocycles. The van der Waals surface area contributed by atoms with Crippen molar-refractivity contribution in [3.63, 3.8) is 0 Å². The van der Waals surface area contributed by atoms with Crippen LogP contribution in [0.5, 0.6) is 11.5 Å². The highest BCUT2D eigenvalue weighted by molar-refractivity contribution is 7.89. The van der Waals surface area contributed by atoms with Crippen molar-refractivity contribution in [3.8, 4) is 11.5 Å². The van der Waals surface area contributed by atoms with Gasteiger partial charge < -0.3 is 14.2 Å². The summed E-state index contributed by atoms with van der Waals surface area (Å²) in [5, 5.41) is 0. The minimum atomic E-state index is -3.62. The van der Waals surface area contributed by atoms with E-state index in [2.05, 4.69) is 23.5 Å². The molecule has 26 heavy (non-hydrogen) atoms. The van der Waals surface area contributed by atoms with Gasteiger partial charge in [0.25, 0.3) is 0 Å². The van der Waals surface area contributed by atoms with Crippen LogP contribution in [-0.4, -0.2) is 65.4 Å². The highest BCUT2D eigenvalue weighted by Crippen LogP contribution is 2.31. The van der Waals surface area contributed by atoms with Crippen LogP contribution in [0.3, 0.4) is 0 Å². The molecule has 1 N–H and O–H groups in total. The molecule has 2 aliphatic heterocycles. The van der Waals surface area contributed by atoms with Crippen molar-refractivity contribution in [2.45, 2.75) is 31.2 Å². The highest BCUT2D eigenvalue weighted by Gasteiger charge is 2.26. The standard InChI is InChI=1S/C18H28N2O5S/c1-14(2)16(20-6-10-23-11-7-20)13-19-26(21,22)15-4-5-17-18(12-15)25-9-3-8-24-17/h4-5,12,14,16,19H,3,6-11,13H2,1-2H3/t16-/m0/s1. The van der Waals surface area contributed by atoms with Crippen LogP contribution in [0.25, 0.3) is 0 Å². The first-order valence-corrected chi connectivity index (χ1v) is 10.7. The first-order chi connectivity index (χ1) is 12.5. The molecule has 1 atom stereocenters. The van der Waals surface area contributed by atoms with Gasteiger partial charge in [0.1, 0.15) is 0 Å². The Morgan fingerprint density at radius 1 is 1.08 bits per heavy atom. The van der Waals surface area contributed by atoms with Crippen LogP contribution in [0.4, 0.5) is 0 Å². The maximum atomic E-state index is 12.8. The Labute approximate surface area is 155 Å². The van der Waals surface area contributed by atoms with Crippen molar-refractivity contribution in [1.29, 1.82) is 0 Å². The molecule has 7 nitrogen and oxygen atoms in total. The molecule has 3 rings (SSSR count). The predicted octanol–water partition coefficient (Wildman–Crippen LogP) is 1.48. The number of fused-ring (bicyclic) bond motifs is 1. The largest absolute Gasteiger partial charge is 0.490 e. The summed E-state index contributed by atoms with van der Waals surface area (Å²) in [6.45, 7) is 8.74. The van der Waals surface area contributed by atoms with E-state index in [-0.39, 0.29) is 10.9 Å². The Morgan fingerprint density at radius 2 is 1.77 bits per heavy atom. The minimum Gasteiger partial charge on any atom is -0.490 e. The van der Waals surface area contributed by atoms with Gasteiger partial charge in [0.2, 0.25) is 10.0 Å². The van der Waals surface area contributed by atoms with Crippen molar-refractivity contribution in [2.75, 3.05) is 46.1 Å². The second kappa shape index (κ2) is 8.56. The van der Waals surface area contributed by atoms with E-state index in [0.717, 1.165) is 19.5 Å². The van der Waals surface area contributed by atoms with Gasteiger partial charge in [-0.1, -0.05) is 13.8 Å². The fourth-order valence-corrected chi connectivity index (χ4v) is 4.35. The number of ether oxygens (including phenoxy) is 3. The molecule has 0 spiro atoms. The molecule has 2 aliphatic rings. The molecule has 1 fully saturated rings. The molecule has 0 amide bonds. The van der Waals surface area contributed by atoms with Gasteiger partial charge in [-0.2, -0.15) is 0 Å². The van der Waals surface area contributed by atoms with Crippen molar-refractivity contribution in [1.82, 2.24) is 9.62 Å². The smallest absolute Gasteiger partial charge is 0.240 e. The van der Waals surface area contributed by atoms with Crippen molar-refractivity contribution < 1.29 is 22.6 Å². The number of morpholine rings is 1. The minimum absolute atomic E-state index is 0.133. The second-order valence-electron chi connectivity index (χ2n) is 6.97. The molecule has 1 saturated heterocycles. The van der Waals surface area contributed by atoms with Crippen molar-refractivity contribution in [3.05, 3.63) is 18.2 Å². The Hall–Kier alpha value is -1.35. The fourth-order valence-electron chi connectivity index (χ4n) is 3.28. The summed E-state index contributed by atoms with van der Waals surface area (Å²) >= 11 is 0. The third-order valence-corrected chi connectivity index (χ3v) is 6.22. The molecule has 0 aliphatic carbocycles. The van der Waals surface area contributed by atoms with Crippen LogP contribution in [0.15, 0.2) is 23.1 Å². The number of rotatable bonds is 6. The first kappa shape index (κ1) is 19.4. The molecule has 146 valence electrons. The Bertz CT molecular complexity index is 702. The normalized spacial score (nSPS) is 20.0. The lowest BCUT2D eigenvalue weighted by Crippen LogP contribution is -2.51. The number of hydrogen-bond acceptors (Lipinski definition) is 6. The van der Waals surface area contributed by atoms with Gasteiger partial charge in [-0.3, -0.25) is 4.90 Å². The van der Waals surface area contributed by atoms with E-state index in [4.69, 9.17) is 14.2 Å². The van der Waals surface area contributed by atoms with E-state index in [1.807, 2.05) is 0 Å². The Balaban J connectivity index is 1.70. The first-order valence-electron chi connectivity index (χ1n) is 9.18. The van der Waals surface area contributed by atoms with Crippen LogP contribution in [0, 0.1) is 5.92 Å². The zero-order valence-electron chi connectivity index (χ0n) is 15.4. The molecular weight excluding hydrogens is 356 g/mol. The summed E-state index contributed by atoms with van der Waals surface area (Å²) in [4.78, 5) is 2.50. The van der Waals surface area contributed by atoms with Gasteiger partial charge in [-0.15, -0.1) is 0 Å². The van der Waals surface area contributed by atoms with Crippen LogP contribution in [0.1, 0.15) is 20.3 Å². The van der Waals surface area contributed by atoms with Crippen LogP contribution >= 0.6 is 0 Å². The summed E-state index contributed by atoms with van der Waals surface area (Å²) < 4.78 is 44.9. The summed E-state index contributed by atoms with van der Waals surface area (Å²) in [6.07, 6.45) is 0.782. The third kappa shape index (κ3) is 4.68. The predicted molar refractivity (Wildman–Crippen MR) is 98.3 cm³/mol. The summed E-state index contributed by atoms with van der Waals surface area (Å²) in [5.41, 5.74) is 0. The lowest BCUT2D eigenvalue weighted by Gasteiger charge is -2.36. The SMILES string of the molecule is CC(C)[C@H](CNS(=O)(=O)c1ccc2c(c1)OCCCO2)N1CCOCC1. The number of nitrogens with one attached hydrogen (secondary N) is 1. The zero-order valence-corrected chi connectivity index (χ0v) is 16.3. The van der Waals surface area contributed by atoms with Crippen LogP contribution < -0.4 is 14.2 Å². The average molecular weight is 384 g/mol. The van der Waals surface area contributed by atoms with E-state index in [9.17, 15) is 8.42 Å². The molecule has 0 aromatic heterocycles. The van der Waals surface area contributed by atoms with E-state index >= 15 is 0 Å². The van der Waals surface area contributed by atoms with Gasteiger partial charge in [0.05, 0.1) is 31.3 Å². The number of sulfonamides is 1. The third-order valence-electron chi connectivity index (χ3n) is 4.80. The van der Waals surface area contributed by atoms with Gasteiger partial charge >= 0.3 is 0 Å². The number of hydrogen-bond donors (Lipinski definition) is 1. The quantitative estimate of drug-likeness (QED) is 0.801. The van der Waals surface area contributed by atoms with Crippen LogP contribution in [-0.2, 0) is 14.8 Å². The lowest BCUT2D eigenvalue weighted by molar-refractivity contribution is 0.00776. The van der Waals surface area contributed by atoms with E-state index in [1.54, 1.807) is 18.2 Å². The molecule has 0 saturated carbocycles. The van der Waals surface area contributed by atoms with E-state index < -0.39 is 10.0 Å².